The lowest BCUT2D eigenvalue weighted by Crippen LogP contribution is -2.05. The SMILES string of the molecule is ClCC(Cl)C[SiH2]CCCC[SiH2]CC(Cl)CCl. The summed E-state index contributed by atoms with van der Waals surface area (Å²) in [6, 6.07) is 5.24. The van der Waals surface area contributed by atoms with Crippen molar-refractivity contribution < 1.29 is 0 Å². The summed E-state index contributed by atoms with van der Waals surface area (Å²) in [4.78, 5) is 0. The summed E-state index contributed by atoms with van der Waals surface area (Å²) in [5.41, 5.74) is 0. The summed E-state index contributed by atoms with van der Waals surface area (Å²) >= 11 is 23.2. The molecule has 0 aromatic carbocycles. The summed E-state index contributed by atoms with van der Waals surface area (Å²) in [5, 5.41) is 0.451. The van der Waals surface area contributed by atoms with E-state index < -0.39 is 0 Å². The fourth-order valence-electron chi connectivity index (χ4n) is 1.59. The minimum atomic E-state index is 0.0504. The molecule has 0 heterocycles. The maximum atomic E-state index is 5.96. The molecule has 0 saturated carbocycles. The summed E-state index contributed by atoms with van der Waals surface area (Å²) in [7, 11) is 0.101. The first-order valence-corrected chi connectivity index (χ1v) is 12.0. The Morgan fingerprint density at radius 1 is 0.750 bits per heavy atom. The van der Waals surface area contributed by atoms with E-state index in [0.29, 0.717) is 11.8 Å². The zero-order chi connectivity index (χ0) is 12.2. The minimum Gasteiger partial charge on any atom is -0.125 e. The van der Waals surface area contributed by atoms with Gasteiger partial charge in [-0.1, -0.05) is 24.9 Å². The van der Waals surface area contributed by atoms with Gasteiger partial charge in [-0.2, -0.15) is 0 Å². The molecule has 0 aliphatic rings. The van der Waals surface area contributed by atoms with Crippen LogP contribution in [0.4, 0.5) is 0 Å². The van der Waals surface area contributed by atoms with E-state index in [1.54, 1.807) is 0 Å². The highest BCUT2D eigenvalue weighted by Gasteiger charge is 2.03. The zero-order valence-electron chi connectivity index (χ0n) is 9.74. The van der Waals surface area contributed by atoms with Crippen molar-refractivity contribution in [1.29, 1.82) is 0 Å². The first kappa shape index (κ1) is 17.6. The van der Waals surface area contributed by atoms with Crippen molar-refractivity contribution in [1.82, 2.24) is 0 Å². The number of rotatable bonds is 11. The van der Waals surface area contributed by atoms with E-state index in [1.807, 2.05) is 0 Å². The molecule has 0 N–H and O–H groups in total. The van der Waals surface area contributed by atoms with E-state index in [0.717, 1.165) is 0 Å². The Balaban J connectivity index is 3.04. The van der Waals surface area contributed by atoms with Gasteiger partial charge in [-0.3, -0.25) is 0 Å². The Morgan fingerprint density at radius 2 is 1.12 bits per heavy atom. The van der Waals surface area contributed by atoms with Gasteiger partial charge in [-0.15, -0.1) is 46.4 Å². The van der Waals surface area contributed by atoms with E-state index >= 15 is 0 Å². The fourth-order valence-corrected chi connectivity index (χ4v) is 6.63. The molecule has 0 spiro atoms. The van der Waals surface area contributed by atoms with Crippen LogP contribution in [-0.4, -0.2) is 41.6 Å². The number of halogens is 4. The number of hydrogen-bond donors (Lipinski definition) is 0. The number of alkyl halides is 4. The Kier molecular flexibility index (Phi) is 14.3. The van der Waals surface area contributed by atoms with E-state index in [9.17, 15) is 0 Å². The summed E-state index contributed by atoms with van der Waals surface area (Å²) < 4.78 is 0. The Hall–Kier alpha value is 1.59. The van der Waals surface area contributed by atoms with Gasteiger partial charge < -0.3 is 0 Å². The molecular formula is C10H22Cl4Si2. The monoisotopic (exact) mass is 338 g/mol. The second-order valence-electron chi connectivity index (χ2n) is 4.20. The highest BCUT2D eigenvalue weighted by molar-refractivity contribution is 6.40. The highest BCUT2D eigenvalue weighted by Crippen LogP contribution is 2.10. The molecule has 0 bridgehead atoms. The van der Waals surface area contributed by atoms with Crippen LogP contribution in [0.2, 0.25) is 24.2 Å². The molecule has 2 unspecified atom stereocenters. The number of hydrogen-bond acceptors (Lipinski definition) is 0. The fraction of sp³-hybridized carbons (Fsp3) is 1.00. The van der Waals surface area contributed by atoms with Crippen molar-refractivity contribution in [3.63, 3.8) is 0 Å². The van der Waals surface area contributed by atoms with E-state index in [-0.39, 0.29) is 29.8 Å². The third-order valence-corrected chi connectivity index (χ3v) is 9.37. The van der Waals surface area contributed by atoms with Crippen LogP contribution in [0.3, 0.4) is 0 Å². The van der Waals surface area contributed by atoms with Crippen molar-refractivity contribution >= 4 is 65.4 Å². The lowest BCUT2D eigenvalue weighted by molar-refractivity contribution is 0.865. The van der Waals surface area contributed by atoms with Crippen LogP contribution in [0.1, 0.15) is 12.8 Å². The van der Waals surface area contributed by atoms with Gasteiger partial charge in [-0.25, -0.2) is 0 Å². The predicted octanol–water partition coefficient (Wildman–Crippen LogP) is 3.47. The molecular weight excluding hydrogens is 318 g/mol. The lowest BCUT2D eigenvalue weighted by Gasteiger charge is -2.05. The number of unbranched alkanes of at least 4 members (excludes halogenated alkanes) is 1. The molecule has 0 nitrogen and oxygen atoms in total. The van der Waals surface area contributed by atoms with E-state index in [2.05, 4.69) is 0 Å². The topological polar surface area (TPSA) is 0 Å². The zero-order valence-corrected chi connectivity index (χ0v) is 15.6. The van der Waals surface area contributed by atoms with Crippen LogP contribution in [0, 0.1) is 0 Å². The second-order valence-corrected chi connectivity index (χ2v) is 10.0. The average Bonchev–Trinajstić information content (AvgIpc) is 2.31. The molecule has 0 aromatic heterocycles. The Labute approximate surface area is 124 Å². The van der Waals surface area contributed by atoms with Crippen molar-refractivity contribution in [2.75, 3.05) is 11.8 Å². The van der Waals surface area contributed by atoms with Crippen LogP contribution in [0.25, 0.3) is 0 Å². The first-order valence-electron chi connectivity index (χ1n) is 6.10. The van der Waals surface area contributed by atoms with Gasteiger partial charge in [0.25, 0.3) is 0 Å². The van der Waals surface area contributed by atoms with Gasteiger partial charge in [0.05, 0.1) is 0 Å². The summed E-state index contributed by atoms with van der Waals surface area (Å²) in [5.74, 6) is 1.22. The molecule has 0 saturated heterocycles. The van der Waals surface area contributed by atoms with Gasteiger partial charge in [0, 0.05) is 41.6 Å². The van der Waals surface area contributed by atoms with Gasteiger partial charge in [-0.05, 0) is 12.1 Å². The van der Waals surface area contributed by atoms with E-state index in [4.69, 9.17) is 46.4 Å². The van der Waals surface area contributed by atoms with Crippen molar-refractivity contribution in [3.05, 3.63) is 0 Å². The van der Waals surface area contributed by atoms with Gasteiger partial charge in [0.1, 0.15) is 0 Å². The third-order valence-electron chi connectivity index (χ3n) is 2.62. The average molecular weight is 340 g/mol. The molecule has 0 radical (unpaired) electrons. The van der Waals surface area contributed by atoms with Crippen LogP contribution >= 0.6 is 46.4 Å². The molecule has 0 aliphatic carbocycles. The first-order chi connectivity index (χ1) is 7.70. The molecule has 0 amide bonds. The Morgan fingerprint density at radius 3 is 1.44 bits per heavy atom. The smallest absolute Gasteiger partial charge is 0.0443 e. The largest absolute Gasteiger partial charge is 0.125 e. The highest BCUT2D eigenvalue weighted by atomic mass is 35.5. The van der Waals surface area contributed by atoms with Gasteiger partial charge in [0.15, 0.2) is 0 Å². The molecule has 98 valence electrons. The summed E-state index contributed by atoms with van der Waals surface area (Å²) in [6.07, 6.45) is 2.78. The third kappa shape index (κ3) is 12.1. The van der Waals surface area contributed by atoms with Crippen LogP contribution < -0.4 is 0 Å². The van der Waals surface area contributed by atoms with Crippen molar-refractivity contribution in [3.8, 4) is 0 Å². The molecule has 6 heteroatoms. The van der Waals surface area contributed by atoms with Crippen LogP contribution in [-0.2, 0) is 0 Å². The van der Waals surface area contributed by atoms with Gasteiger partial charge in [0.2, 0.25) is 0 Å². The summed E-state index contributed by atoms with van der Waals surface area (Å²) in [6.45, 7) is 0. The molecule has 0 aliphatic heterocycles. The molecule has 0 rings (SSSR count). The molecule has 2 atom stereocenters. The van der Waals surface area contributed by atoms with Crippen molar-refractivity contribution in [2.24, 2.45) is 0 Å². The van der Waals surface area contributed by atoms with Crippen LogP contribution in [0.15, 0.2) is 0 Å². The van der Waals surface area contributed by atoms with Crippen LogP contribution in [0.5, 0.6) is 0 Å². The minimum absolute atomic E-state index is 0.0504. The Bertz CT molecular complexity index is 133. The lowest BCUT2D eigenvalue weighted by atomic mass is 10.4. The maximum absolute atomic E-state index is 5.96. The quantitative estimate of drug-likeness (QED) is 0.307. The second kappa shape index (κ2) is 13.0. The maximum Gasteiger partial charge on any atom is 0.0443 e. The molecule has 16 heavy (non-hydrogen) atoms. The predicted molar refractivity (Wildman–Crippen MR) is 86.3 cm³/mol. The molecule has 0 aromatic rings. The molecule has 0 fully saturated rings. The standard InChI is InChI=1S/C10H22Cl4Si2/c11-5-9(13)7-15-3-1-2-4-16-8-10(14)6-12/h9-10H,1-8,15-16H2. The van der Waals surface area contributed by atoms with Gasteiger partial charge >= 0.3 is 0 Å². The van der Waals surface area contributed by atoms with E-state index in [1.165, 1.54) is 37.0 Å². The normalized spacial score (nSPS) is 16.5. The van der Waals surface area contributed by atoms with Crippen molar-refractivity contribution in [2.45, 2.75) is 47.8 Å².